The summed E-state index contributed by atoms with van der Waals surface area (Å²) in [4.78, 5) is 27.6. The van der Waals surface area contributed by atoms with Crippen molar-refractivity contribution in [1.82, 2.24) is 15.2 Å². The minimum atomic E-state index is -4.59. The largest absolute Gasteiger partial charge is 0.408 e. The Labute approximate surface area is 129 Å². The number of carbonyl (C=O) groups excluding carboxylic acids is 2. The van der Waals surface area contributed by atoms with Crippen LogP contribution in [0.1, 0.15) is 30.3 Å². The van der Waals surface area contributed by atoms with Gasteiger partial charge < -0.3 is 10.2 Å². The molecule has 5 nitrogen and oxygen atoms in total. The maximum atomic E-state index is 13.2. The first-order valence-electron chi connectivity index (χ1n) is 6.95. The molecule has 9 heteroatoms. The molecule has 1 aliphatic rings. The van der Waals surface area contributed by atoms with Gasteiger partial charge in [-0.15, -0.1) is 0 Å². The van der Waals surface area contributed by atoms with Gasteiger partial charge in [0.25, 0.3) is 5.91 Å². The number of piperidine rings is 1. The SMILES string of the molecule is CC(=O)N[C@@H]1CC[C@H](C(F)(F)F)N(C(=O)c2ccc(F)cn2)C1. The lowest BCUT2D eigenvalue weighted by Crippen LogP contribution is -2.58. The summed E-state index contributed by atoms with van der Waals surface area (Å²) in [5.41, 5.74) is -0.274. The lowest BCUT2D eigenvalue weighted by molar-refractivity contribution is -0.184. The maximum absolute atomic E-state index is 13.2. The van der Waals surface area contributed by atoms with Crippen LogP contribution in [0, 0.1) is 5.82 Å². The van der Waals surface area contributed by atoms with Gasteiger partial charge >= 0.3 is 6.18 Å². The van der Waals surface area contributed by atoms with Crippen molar-refractivity contribution in [2.24, 2.45) is 0 Å². The highest BCUT2D eigenvalue weighted by Gasteiger charge is 2.48. The first-order valence-corrected chi connectivity index (χ1v) is 6.95. The van der Waals surface area contributed by atoms with Gasteiger partial charge in [0.05, 0.1) is 6.20 Å². The molecule has 2 atom stereocenters. The Balaban J connectivity index is 2.25. The molecule has 1 N–H and O–H groups in total. The van der Waals surface area contributed by atoms with Crippen molar-refractivity contribution in [3.63, 3.8) is 0 Å². The van der Waals surface area contributed by atoms with Gasteiger partial charge in [-0.05, 0) is 25.0 Å². The van der Waals surface area contributed by atoms with Crippen LogP contribution in [0.2, 0.25) is 0 Å². The second kappa shape index (κ2) is 6.51. The van der Waals surface area contributed by atoms with Crippen molar-refractivity contribution in [1.29, 1.82) is 0 Å². The van der Waals surface area contributed by atoms with Crippen LogP contribution in [0.5, 0.6) is 0 Å². The Kier molecular flexibility index (Phi) is 4.86. The molecule has 2 heterocycles. The zero-order valence-corrected chi connectivity index (χ0v) is 12.2. The lowest BCUT2D eigenvalue weighted by Gasteiger charge is -2.40. The van der Waals surface area contributed by atoms with E-state index < -0.39 is 30.0 Å². The molecule has 0 unspecified atom stereocenters. The molecule has 1 fully saturated rings. The van der Waals surface area contributed by atoms with E-state index in [1.54, 1.807) is 0 Å². The molecule has 1 aromatic heterocycles. The molecule has 2 amide bonds. The first-order chi connectivity index (χ1) is 10.7. The van der Waals surface area contributed by atoms with E-state index >= 15 is 0 Å². The highest BCUT2D eigenvalue weighted by Crippen LogP contribution is 2.32. The predicted octanol–water partition coefficient (Wildman–Crippen LogP) is 1.89. The third-order valence-corrected chi connectivity index (χ3v) is 3.57. The van der Waals surface area contributed by atoms with E-state index in [4.69, 9.17) is 0 Å². The van der Waals surface area contributed by atoms with Crippen molar-refractivity contribution in [2.75, 3.05) is 6.54 Å². The van der Waals surface area contributed by atoms with Crippen LogP contribution < -0.4 is 5.32 Å². The van der Waals surface area contributed by atoms with Crippen molar-refractivity contribution >= 4 is 11.8 Å². The van der Waals surface area contributed by atoms with Gasteiger partial charge in [0.2, 0.25) is 5.91 Å². The maximum Gasteiger partial charge on any atom is 0.408 e. The molecule has 0 aromatic carbocycles. The summed E-state index contributed by atoms with van der Waals surface area (Å²) in [7, 11) is 0. The number of amides is 2. The van der Waals surface area contributed by atoms with Gasteiger partial charge in [-0.2, -0.15) is 13.2 Å². The molecule has 1 aliphatic heterocycles. The number of nitrogens with one attached hydrogen (secondary N) is 1. The average molecular weight is 333 g/mol. The standard InChI is InChI=1S/C14H15F4N3O2/c1-8(22)20-10-3-5-12(14(16,17)18)21(7-10)13(23)11-4-2-9(15)6-19-11/h2,4,6,10,12H,3,5,7H2,1H3,(H,20,22)/t10-,12-/m1/s1. The highest BCUT2D eigenvalue weighted by molar-refractivity contribution is 5.92. The molecule has 1 aromatic rings. The van der Waals surface area contributed by atoms with Crippen LogP contribution >= 0.6 is 0 Å². The fraction of sp³-hybridized carbons (Fsp3) is 0.500. The number of likely N-dealkylation sites (tertiary alicyclic amines) is 1. The number of hydrogen-bond donors (Lipinski definition) is 1. The number of aromatic nitrogens is 1. The fourth-order valence-electron chi connectivity index (χ4n) is 2.59. The molecule has 0 bridgehead atoms. The Morgan fingerprint density at radius 3 is 2.52 bits per heavy atom. The Bertz CT molecular complexity index is 589. The molecule has 0 aliphatic carbocycles. The Morgan fingerprint density at radius 2 is 2.00 bits per heavy atom. The summed E-state index contributed by atoms with van der Waals surface area (Å²) < 4.78 is 52.3. The Morgan fingerprint density at radius 1 is 1.30 bits per heavy atom. The van der Waals surface area contributed by atoms with Crippen LogP contribution in [0.25, 0.3) is 0 Å². The van der Waals surface area contributed by atoms with Crippen LogP contribution in [-0.2, 0) is 4.79 Å². The summed E-state index contributed by atoms with van der Waals surface area (Å²) in [5.74, 6) is -2.01. The normalized spacial score (nSPS) is 21.9. The molecule has 126 valence electrons. The molecular formula is C14H15F4N3O2. The second-order valence-electron chi connectivity index (χ2n) is 5.35. The van der Waals surface area contributed by atoms with Gasteiger partial charge in [-0.3, -0.25) is 9.59 Å². The van der Waals surface area contributed by atoms with Crippen molar-refractivity contribution in [3.8, 4) is 0 Å². The monoisotopic (exact) mass is 333 g/mol. The van der Waals surface area contributed by atoms with Gasteiger partial charge in [0.15, 0.2) is 0 Å². The third-order valence-electron chi connectivity index (χ3n) is 3.57. The smallest absolute Gasteiger partial charge is 0.352 e. The fourth-order valence-corrected chi connectivity index (χ4v) is 2.59. The first kappa shape index (κ1) is 17.2. The molecule has 1 saturated heterocycles. The summed E-state index contributed by atoms with van der Waals surface area (Å²) >= 11 is 0. The van der Waals surface area contributed by atoms with E-state index in [1.165, 1.54) is 6.92 Å². The van der Waals surface area contributed by atoms with Crippen LogP contribution in [0.3, 0.4) is 0 Å². The number of hydrogen-bond acceptors (Lipinski definition) is 3. The van der Waals surface area contributed by atoms with Gasteiger partial charge in [0.1, 0.15) is 17.6 Å². The van der Waals surface area contributed by atoms with Crippen LogP contribution in [0.4, 0.5) is 17.6 Å². The second-order valence-corrected chi connectivity index (χ2v) is 5.35. The number of rotatable bonds is 2. The topological polar surface area (TPSA) is 62.3 Å². The minimum absolute atomic E-state index is 0.115. The summed E-state index contributed by atoms with van der Waals surface area (Å²) in [6, 6.07) is -0.520. The van der Waals surface area contributed by atoms with Crippen LogP contribution in [0.15, 0.2) is 18.3 Å². The van der Waals surface area contributed by atoms with E-state index in [0.29, 0.717) is 4.90 Å². The third kappa shape index (κ3) is 4.17. The van der Waals surface area contributed by atoms with Gasteiger partial charge in [-0.25, -0.2) is 9.37 Å². The zero-order chi connectivity index (χ0) is 17.2. The van der Waals surface area contributed by atoms with E-state index in [2.05, 4.69) is 10.3 Å². The van der Waals surface area contributed by atoms with Crippen molar-refractivity contribution in [2.45, 2.75) is 38.0 Å². The van der Waals surface area contributed by atoms with E-state index in [-0.39, 0.29) is 31.0 Å². The number of pyridine rings is 1. The molecule has 2 rings (SSSR count). The quantitative estimate of drug-likeness (QED) is 0.841. The molecule has 23 heavy (non-hydrogen) atoms. The average Bonchev–Trinajstić information content (AvgIpc) is 2.45. The number of alkyl halides is 3. The van der Waals surface area contributed by atoms with E-state index in [1.807, 2.05) is 0 Å². The van der Waals surface area contributed by atoms with Crippen LogP contribution in [-0.4, -0.2) is 46.5 Å². The van der Waals surface area contributed by atoms with Gasteiger partial charge in [-0.1, -0.05) is 0 Å². The minimum Gasteiger partial charge on any atom is -0.352 e. The van der Waals surface area contributed by atoms with Gasteiger partial charge in [0, 0.05) is 19.5 Å². The summed E-state index contributed by atoms with van der Waals surface area (Å²) in [6.45, 7) is 0.977. The molecular weight excluding hydrogens is 318 g/mol. The molecule has 0 spiro atoms. The zero-order valence-electron chi connectivity index (χ0n) is 12.2. The van der Waals surface area contributed by atoms with Crippen molar-refractivity contribution in [3.05, 3.63) is 29.8 Å². The summed E-state index contributed by atoms with van der Waals surface area (Å²) in [5, 5.41) is 2.52. The van der Waals surface area contributed by atoms with Crippen molar-refractivity contribution < 1.29 is 27.2 Å². The molecule has 0 saturated carbocycles. The number of halogens is 4. The predicted molar refractivity (Wildman–Crippen MR) is 71.9 cm³/mol. The highest BCUT2D eigenvalue weighted by atomic mass is 19.4. The lowest BCUT2D eigenvalue weighted by atomic mass is 9.97. The number of nitrogens with zero attached hydrogens (tertiary/aromatic N) is 2. The summed E-state index contributed by atoms with van der Waals surface area (Å²) in [6.07, 6.45) is -4.02. The van der Waals surface area contributed by atoms with E-state index in [0.717, 1.165) is 18.3 Å². The Hall–Kier alpha value is -2.19. The van der Waals surface area contributed by atoms with E-state index in [9.17, 15) is 27.2 Å². The number of carbonyl (C=O) groups is 2. The molecule has 0 radical (unpaired) electrons.